The standard InChI is InChI=1S/C7H13NO2/c1-6(9)4-7(8)2-3-10-5-7/h2-5,8H2,1H3. The molecule has 0 bridgehead atoms. The summed E-state index contributed by atoms with van der Waals surface area (Å²) in [5, 5.41) is 0. The summed E-state index contributed by atoms with van der Waals surface area (Å²) in [6, 6.07) is 0. The summed E-state index contributed by atoms with van der Waals surface area (Å²) in [5.74, 6) is 0.146. The highest BCUT2D eigenvalue weighted by Gasteiger charge is 2.31. The van der Waals surface area contributed by atoms with Crippen molar-refractivity contribution in [2.45, 2.75) is 25.3 Å². The second-order valence-corrected chi connectivity index (χ2v) is 3.04. The fraction of sp³-hybridized carbons (Fsp3) is 0.857. The molecule has 1 aliphatic heterocycles. The first-order valence-corrected chi connectivity index (χ1v) is 3.48. The molecule has 0 saturated carbocycles. The zero-order valence-electron chi connectivity index (χ0n) is 6.22. The van der Waals surface area contributed by atoms with E-state index in [1.165, 1.54) is 0 Å². The fourth-order valence-electron chi connectivity index (χ4n) is 1.26. The van der Waals surface area contributed by atoms with E-state index in [2.05, 4.69) is 0 Å². The summed E-state index contributed by atoms with van der Waals surface area (Å²) in [7, 11) is 0. The van der Waals surface area contributed by atoms with Crippen LogP contribution in [0.1, 0.15) is 19.8 Å². The number of ether oxygens (including phenoxy) is 1. The van der Waals surface area contributed by atoms with E-state index in [0.717, 1.165) is 6.42 Å². The van der Waals surface area contributed by atoms with Gasteiger partial charge in [0.25, 0.3) is 0 Å². The van der Waals surface area contributed by atoms with Gasteiger partial charge < -0.3 is 10.5 Å². The van der Waals surface area contributed by atoms with Crippen molar-refractivity contribution in [1.29, 1.82) is 0 Å². The van der Waals surface area contributed by atoms with E-state index in [9.17, 15) is 4.79 Å². The lowest BCUT2D eigenvalue weighted by atomic mass is 9.94. The Morgan fingerprint density at radius 2 is 2.50 bits per heavy atom. The molecule has 0 spiro atoms. The Kier molecular flexibility index (Phi) is 2.06. The SMILES string of the molecule is CC(=O)CC1(N)CCOC1. The van der Waals surface area contributed by atoms with Crippen molar-refractivity contribution in [3.63, 3.8) is 0 Å². The number of rotatable bonds is 2. The third-order valence-electron chi connectivity index (χ3n) is 1.73. The molecule has 3 heteroatoms. The van der Waals surface area contributed by atoms with Crippen molar-refractivity contribution in [3.8, 4) is 0 Å². The van der Waals surface area contributed by atoms with Gasteiger partial charge in [-0.2, -0.15) is 0 Å². The quantitative estimate of drug-likeness (QED) is 0.595. The predicted octanol–water partition coefficient (Wildman–Crippen LogP) is 0.0833. The van der Waals surface area contributed by atoms with Crippen molar-refractivity contribution in [2.75, 3.05) is 13.2 Å². The van der Waals surface area contributed by atoms with Crippen molar-refractivity contribution in [3.05, 3.63) is 0 Å². The maximum atomic E-state index is 10.7. The summed E-state index contributed by atoms with van der Waals surface area (Å²) < 4.78 is 5.08. The van der Waals surface area contributed by atoms with Crippen LogP contribution >= 0.6 is 0 Å². The van der Waals surface area contributed by atoms with Crippen LogP contribution < -0.4 is 5.73 Å². The summed E-state index contributed by atoms with van der Waals surface area (Å²) >= 11 is 0. The van der Waals surface area contributed by atoms with Crippen LogP contribution in [-0.2, 0) is 9.53 Å². The first-order valence-electron chi connectivity index (χ1n) is 3.48. The van der Waals surface area contributed by atoms with Crippen molar-refractivity contribution >= 4 is 5.78 Å². The maximum Gasteiger partial charge on any atom is 0.131 e. The Labute approximate surface area is 60.5 Å². The van der Waals surface area contributed by atoms with Crippen LogP contribution in [-0.4, -0.2) is 24.5 Å². The van der Waals surface area contributed by atoms with Crippen molar-refractivity contribution < 1.29 is 9.53 Å². The highest BCUT2D eigenvalue weighted by molar-refractivity contribution is 5.76. The van der Waals surface area contributed by atoms with E-state index >= 15 is 0 Å². The summed E-state index contributed by atoms with van der Waals surface area (Å²) in [4.78, 5) is 10.7. The number of carbonyl (C=O) groups is 1. The zero-order valence-corrected chi connectivity index (χ0v) is 6.22. The Hall–Kier alpha value is -0.410. The molecule has 1 atom stereocenters. The minimum Gasteiger partial charge on any atom is -0.379 e. The van der Waals surface area contributed by atoms with E-state index in [1.54, 1.807) is 6.92 Å². The molecule has 2 N–H and O–H groups in total. The molecule has 1 heterocycles. The Balaban J connectivity index is 2.43. The van der Waals surface area contributed by atoms with E-state index in [-0.39, 0.29) is 11.3 Å². The van der Waals surface area contributed by atoms with Crippen LogP contribution in [0.15, 0.2) is 0 Å². The third kappa shape index (κ3) is 1.78. The monoisotopic (exact) mass is 143 g/mol. The van der Waals surface area contributed by atoms with E-state index in [0.29, 0.717) is 19.6 Å². The van der Waals surface area contributed by atoms with Crippen LogP contribution in [0.25, 0.3) is 0 Å². The van der Waals surface area contributed by atoms with E-state index in [4.69, 9.17) is 10.5 Å². The summed E-state index contributed by atoms with van der Waals surface area (Å²) in [6.07, 6.45) is 1.26. The average molecular weight is 143 g/mol. The predicted molar refractivity (Wildman–Crippen MR) is 37.7 cm³/mol. The van der Waals surface area contributed by atoms with Crippen molar-refractivity contribution in [2.24, 2.45) is 5.73 Å². The lowest BCUT2D eigenvalue weighted by molar-refractivity contribution is -0.118. The third-order valence-corrected chi connectivity index (χ3v) is 1.73. The first kappa shape index (κ1) is 7.69. The highest BCUT2D eigenvalue weighted by atomic mass is 16.5. The Morgan fingerprint density at radius 1 is 1.80 bits per heavy atom. The summed E-state index contributed by atoms with van der Waals surface area (Å²) in [5.41, 5.74) is 5.46. The molecule has 0 radical (unpaired) electrons. The molecule has 0 amide bonds. The Bertz CT molecular complexity index is 139. The number of Topliss-reactive ketones (excluding diaryl/α,β-unsaturated/α-hetero) is 1. The molecule has 0 aliphatic carbocycles. The van der Waals surface area contributed by atoms with Gasteiger partial charge in [0, 0.05) is 18.6 Å². The van der Waals surface area contributed by atoms with Gasteiger partial charge in [0.05, 0.1) is 6.61 Å². The molecule has 0 aromatic carbocycles. The molecule has 0 aromatic rings. The number of hydrogen-bond acceptors (Lipinski definition) is 3. The number of carbonyl (C=O) groups excluding carboxylic acids is 1. The van der Waals surface area contributed by atoms with E-state index < -0.39 is 0 Å². The molecule has 1 fully saturated rings. The number of hydrogen-bond donors (Lipinski definition) is 1. The molecule has 10 heavy (non-hydrogen) atoms. The summed E-state index contributed by atoms with van der Waals surface area (Å²) in [6.45, 7) is 2.79. The molecule has 1 saturated heterocycles. The van der Waals surface area contributed by atoms with Crippen LogP contribution in [0.3, 0.4) is 0 Å². The normalized spacial score (nSPS) is 32.6. The largest absolute Gasteiger partial charge is 0.379 e. The van der Waals surface area contributed by atoms with Gasteiger partial charge in [-0.1, -0.05) is 0 Å². The molecule has 3 nitrogen and oxygen atoms in total. The lowest BCUT2D eigenvalue weighted by Crippen LogP contribution is -2.41. The second-order valence-electron chi connectivity index (χ2n) is 3.04. The molecule has 1 rings (SSSR count). The number of ketones is 1. The maximum absolute atomic E-state index is 10.7. The zero-order chi connectivity index (χ0) is 7.61. The van der Waals surface area contributed by atoms with Crippen LogP contribution in [0.5, 0.6) is 0 Å². The van der Waals surface area contributed by atoms with Gasteiger partial charge in [0.15, 0.2) is 0 Å². The first-order chi connectivity index (χ1) is 4.62. The van der Waals surface area contributed by atoms with Gasteiger partial charge in [-0.25, -0.2) is 0 Å². The molecular weight excluding hydrogens is 130 g/mol. The molecule has 58 valence electrons. The van der Waals surface area contributed by atoms with Gasteiger partial charge in [0.2, 0.25) is 0 Å². The second kappa shape index (κ2) is 2.68. The highest BCUT2D eigenvalue weighted by Crippen LogP contribution is 2.19. The molecule has 0 aromatic heterocycles. The Morgan fingerprint density at radius 3 is 2.90 bits per heavy atom. The van der Waals surface area contributed by atoms with Gasteiger partial charge in [-0.05, 0) is 13.3 Å². The van der Waals surface area contributed by atoms with E-state index in [1.807, 2.05) is 0 Å². The topological polar surface area (TPSA) is 52.3 Å². The minimum absolute atomic E-state index is 0.146. The van der Waals surface area contributed by atoms with Gasteiger partial charge >= 0.3 is 0 Å². The van der Waals surface area contributed by atoms with Gasteiger partial charge in [-0.15, -0.1) is 0 Å². The van der Waals surface area contributed by atoms with Crippen LogP contribution in [0, 0.1) is 0 Å². The van der Waals surface area contributed by atoms with Crippen LogP contribution in [0.4, 0.5) is 0 Å². The average Bonchev–Trinajstić information content (AvgIpc) is 2.12. The van der Waals surface area contributed by atoms with Gasteiger partial charge in [0.1, 0.15) is 5.78 Å². The number of nitrogens with two attached hydrogens (primary N) is 1. The molecular formula is C7H13NO2. The van der Waals surface area contributed by atoms with Gasteiger partial charge in [-0.3, -0.25) is 4.79 Å². The minimum atomic E-state index is -0.355. The van der Waals surface area contributed by atoms with Crippen LogP contribution in [0.2, 0.25) is 0 Å². The molecule has 1 unspecified atom stereocenters. The lowest BCUT2D eigenvalue weighted by Gasteiger charge is -2.18. The molecule has 1 aliphatic rings. The van der Waals surface area contributed by atoms with Crippen molar-refractivity contribution in [1.82, 2.24) is 0 Å². The smallest absolute Gasteiger partial charge is 0.131 e. The fourth-order valence-corrected chi connectivity index (χ4v) is 1.26.